The van der Waals surface area contributed by atoms with Crippen molar-refractivity contribution in [3.8, 4) is 0 Å². The summed E-state index contributed by atoms with van der Waals surface area (Å²) in [5.74, 6) is 0. The van der Waals surface area contributed by atoms with E-state index in [2.05, 4.69) is 33.6 Å². The van der Waals surface area contributed by atoms with Gasteiger partial charge in [-0.1, -0.05) is 5.21 Å². The molecule has 1 saturated heterocycles. The van der Waals surface area contributed by atoms with Crippen LogP contribution in [0.5, 0.6) is 0 Å². The number of hydrogen-bond donors (Lipinski definition) is 1. The zero-order valence-corrected chi connectivity index (χ0v) is 12.3. The zero-order chi connectivity index (χ0) is 13.8. The van der Waals surface area contributed by atoms with Crippen LogP contribution in [0.1, 0.15) is 31.9 Å². The van der Waals surface area contributed by atoms with E-state index in [0.717, 1.165) is 57.5 Å². The maximum Gasteiger partial charge on any atom is 0.0964 e. The van der Waals surface area contributed by atoms with Crippen LogP contribution in [0.25, 0.3) is 0 Å². The van der Waals surface area contributed by atoms with Gasteiger partial charge >= 0.3 is 0 Å². The maximum absolute atomic E-state index is 5.66. The van der Waals surface area contributed by atoms with Crippen molar-refractivity contribution < 1.29 is 4.74 Å². The average molecular weight is 279 g/mol. The molecule has 20 heavy (non-hydrogen) atoms. The van der Waals surface area contributed by atoms with E-state index in [1.807, 2.05) is 4.68 Å². The number of hydrogen-bond acceptors (Lipinski definition) is 5. The molecule has 6 nitrogen and oxygen atoms in total. The van der Waals surface area contributed by atoms with E-state index in [9.17, 15) is 0 Å². The van der Waals surface area contributed by atoms with E-state index < -0.39 is 0 Å². The summed E-state index contributed by atoms with van der Waals surface area (Å²) in [5, 5.41) is 11.9. The summed E-state index contributed by atoms with van der Waals surface area (Å²) in [6.45, 7) is 7.95. The van der Waals surface area contributed by atoms with Gasteiger partial charge in [-0.25, -0.2) is 0 Å². The highest BCUT2D eigenvalue weighted by molar-refractivity contribution is 4.94. The van der Waals surface area contributed by atoms with Crippen LogP contribution < -0.4 is 5.32 Å². The van der Waals surface area contributed by atoms with Crippen molar-refractivity contribution >= 4 is 0 Å². The predicted octanol–water partition coefficient (Wildman–Crippen LogP) is 0.641. The van der Waals surface area contributed by atoms with Crippen molar-refractivity contribution in [1.29, 1.82) is 0 Å². The van der Waals surface area contributed by atoms with Crippen LogP contribution in [0.4, 0.5) is 0 Å². The van der Waals surface area contributed by atoms with Gasteiger partial charge in [0.05, 0.1) is 18.3 Å². The van der Waals surface area contributed by atoms with Crippen LogP contribution in [0.15, 0.2) is 6.20 Å². The van der Waals surface area contributed by atoms with Crippen molar-refractivity contribution in [3.63, 3.8) is 0 Å². The molecule has 112 valence electrons. The fourth-order valence-electron chi connectivity index (χ4n) is 2.59. The first-order valence-corrected chi connectivity index (χ1v) is 7.76. The molecule has 0 aromatic carbocycles. The molecule has 1 unspecified atom stereocenters. The van der Waals surface area contributed by atoms with E-state index in [0.29, 0.717) is 6.10 Å². The van der Waals surface area contributed by atoms with E-state index in [-0.39, 0.29) is 0 Å². The molecule has 1 aliphatic carbocycles. The van der Waals surface area contributed by atoms with Crippen molar-refractivity contribution in [2.24, 2.45) is 0 Å². The van der Waals surface area contributed by atoms with Crippen molar-refractivity contribution in [3.05, 3.63) is 11.9 Å². The highest BCUT2D eigenvalue weighted by Gasteiger charge is 2.20. The molecular formula is C14H25N5O. The lowest BCUT2D eigenvalue weighted by molar-refractivity contribution is 0.0671. The molecular weight excluding hydrogens is 254 g/mol. The number of nitrogens with one attached hydrogen (secondary N) is 1. The summed E-state index contributed by atoms with van der Waals surface area (Å²) in [4.78, 5) is 2.46. The van der Waals surface area contributed by atoms with Gasteiger partial charge in [0.15, 0.2) is 0 Å². The van der Waals surface area contributed by atoms with Crippen molar-refractivity contribution in [2.45, 2.75) is 51.4 Å². The third kappa shape index (κ3) is 4.26. The first-order chi connectivity index (χ1) is 9.79. The van der Waals surface area contributed by atoms with Crippen LogP contribution >= 0.6 is 0 Å². The molecule has 0 bridgehead atoms. The Balaban J connectivity index is 1.42. The molecule has 0 radical (unpaired) electrons. The Morgan fingerprint density at radius 1 is 1.40 bits per heavy atom. The first-order valence-electron chi connectivity index (χ1n) is 7.76. The fraction of sp³-hybridized carbons (Fsp3) is 0.857. The minimum absolute atomic E-state index is 0.339. The van der Waals surface area contributed by atoms with E-state index in [1.54, 1.807) is 0 Å². The molecule has 2 aliphatic rings. The summed E-state index contributed by atoms with van der Waals surface area (Å²) < 4.78 is 7.62. The lowest BCUT2D eigenvalue weighted by Crippen LogP contribution is -2.33. The lowest BCUT2D eigenvalue weighted by atomic mass is 10.3. The van der Waals surface area contributed by atoms with E-state index >= 15 is 0 Å². The van der Waals surface area contributed by atoms with E-state index in [4.69, 9.17) is 4.74 Å². The van der Waals surface area contributed by atoms with Crippen LogP contribution in [-0.2, 0) is 17.8 Å². The SMILES string of the molecule is CC1CN(CCn2cc(CNC3CC3)nn2)CCCO1. The summed E-state index contributed by atoms with van der Waals surface area (Å²) in [6.07, 6.45) is 6.14. The molecule has 6 heteroatoms. The van der Waals surface area contributed by atoms with Crippen LogP contribution in [0.2, 0.25) is 0 Å². The minimum atomic E-state index is 0.339. The largest absolute Gasteiger partial charge is 0.377 e. The quantitative estimate of drug-likeness (QED) is 0.828. The molecule has 1 saturated carbocycles. The van der Waals surface area contributed by atoms with E-state index in [1.165, 1.54) is 12.8 Å². The van der Waals surface area contributed by atoms with Gasteiger partial charge in [-0.2, -0.15) is 0 Å². The van der Waals surface area contributed by atoms with Gasteiger partial charge in [-0.05, 0) is 26.2 Å². The second-order valence-electron chi connectivity index (χ2n) is 5.96. The topological polar surface area (TPSA) is 55.2 Å². The third-order valence-corrected chi connectivity index (χ3v) is 3.92. The Bertz CT molecular complexity index is 417. The molecule has 0 spiro atoms. The number of nitrogens with zero attached hydrogens (tertiary/aromatic N) is 4. The molecule has 1 N–H and O–H groups in total. The average Bonchev–Trinajstić information content (AvgIpc) is 3.20. The summed E-state index contributed by atoms with van der Waals surface area (Å²) in [5.41, 5.74) is 1.05. The smallest absolute Gasteiger partial charge is 0.0964 e. The minimum Gasteiger partial charge on any atom is -0.377 e. The Labute approximate surface area is 120 Å². The standard InChI is InChI=1S/C14H25N5O/c1-12-10-18(5-2-8-20-12)6-7-19-11-14(16-17-19)9-15-13-3-4-13/h11-13,15H,2-10H2,1H3. The van der Waals surface area contributed by atoms with Crippen molar-refractivity contribution in [2.75, 3.05) is 26.2 Å². The van der Waals surface area contributed by atoms with Gasteiger partial charge in [-0.15, -0.1) is 5.10 Å². The molecule has 1 aromatic heterocycles. The second kappa shape index (κ2) is 6.65. The molecule has 1 aromatic rings. The van der Waals surface area contributed by atoms with Gasteiger partial charge in [0.25, 0.3) is 0 Å². The monoisotopic (exact) mass is 279 g/mol. The Hall–Kier alpha value is -0.980. The third-order valence-electron chi connectivity index (χ3n) is 3.92. The first kappa shape index (κ1) is 14.0. The zero-order valence-electron chi connectivity index (χ0n) is 12.3. The number of ether oxygens (including phenoxy) is 1. The normalized spacial score (nSPS) is 24.8. The molecule has 1 aliphatic heterocycles. The lowest BCUT2D eigenvalue weighted by Gasteiger charge is -2.21. The van der Waals surface area contributed by atoms with Crippen LogP contribution in [0, 0.1) is 0 Å². The van der Waals surface area contributed by atoms with Crippen LogP contribution in [-0.4, -0.2) is 58.3 Å². The van der Waals surface area contributed by atoms with Gasteiger partial charge < -0.3 is 10.1 Å². The summed E-state index contributed by atoms with van der Waals surface area (Å²) >= 11 is 0. The molecule has 1 atom stereocenters. The van der Waals surface area contributed by atoms with Crippen molar-refractivity contribution in [1.82, 2.24) is 25.2 Å². The summed E-state index contributed by atoms with van der Waals surface area (Å²) in [7, 11) is 0. The molecule has 2 fully saturated rings. The second-order valence-corrected chi connectivity index (χ2v) is 5.96. The van der Waals surface area contributed by atoms with Gasteiger partial charge in [0, 0.05) is 45.0 Å². The maximum atomic E-state index is 5.66. The number of rotatable bonds is 6. The predicted molar refractivity (Wildman–Crippen MR) is 76.4 cm³/mol. The highest BCUT2D eigenvalue weighted by atomic mass is 16.5. The Morgan fingerprint density at radius 2 is 2.30 bits per heavy atom. The van der Waals surface area contributed by atoms with Gasteiger partial charge in [0.1, 0.15) is 0 Å². The molecule has 2 heterocycles. The molecule has 3 rings (SSSR count). The van der Waals surface area contributed by atoms with Crippen LogP contribution in [0.3, 0.4) is 0 Å². The molecule has 0 amide bonds. The Kier molecular flexibility index (Phi) is 4.65. The van der Waals surface area contributed by atoms with Gasteiger partial charge in [-0.3, -0.25) is 9.58 Å². The number of aromatic nitrogens is 3. The Morgan fingerprint density at radius 3 is 3.15 bits per heavy atom. The van der Waals surface area contributed by atoms with Gasteiger partial charge in [0.2, 0.25) is 0 Å². The highest BCUT2D eigenvalue weighted by Crippen LogP contribution is 2.18. The summed E-state index contributed by atoms with van der Waals surface area (Å²) in [6, 6.07) is 0.721. The fourth-order valence-corrected chi connectivity index (χ4v) is 2.59.